The lowest BCUT2D eigenvalue weighted by Gasteiger charge is -2.22. The number of rotatable bonds is 6. The highest BCUT2D eigenvalue weighted by Crippen LogP contribution is 2.31. The molecule has 0 aliphatic heterocycles. The van der Waals surface area contributed by atoms with Gasteiger partial charge in [-0.15, -0.1) is 0 Å². The highest BCUT2D eigenvalue weighted by Gasteiger charge is 2.24. The van der Waals surface area contributed by atoms with E-state index in [1.165, 1.54) is 18.4 Å². The van der Waals surface area contributed by atoms with E-state index < -0.39 is 0 Å². The quantitative estimate of drug-likeness (QED) is 0.755. The minimum Gasteiger partial charge on any atom is -0.423 e. The molecule has 1 aromatic heterocycles. The highest BCUT2D eigenvalue weighted by atomic mass is 16.4. The van der Waals surface area contributed by atoms with E-state index in [1.54, 1.807) is 6.07 Å². The summed E-state index contributed by atoms with van der Waals surface area (Å²) in [5.41, 5.74) is 3.98. The molecule has 1 heterocycles. The van der Waals surface area contributed by atoms with Crippen LogP contribution in [-0.2, 0) is 6.54 Å². The van der Waals surface area contributed by atoms with Crippen LogP contribution in [0.15, 0.2) is 27.4 Å². The van der Waals surface area contributed by atoms with Crippen molar-refractivity contribution in [2.75, 3.05) is 13.1 Å². The van der Waals surface area contributed by atoms with Crippen molar-refractivity contribution < 1.29 is 4.42 Å². The fourth-order valence-corrected chi connectivity index (χ4v) is 3.07. The first-order valence-corrected chi connectivity index (χ1v) is 8.33. The van der Waals surface area contributed by atoms with Crippen LogP contribution < -0.4 is 5.63 Å². The number of benzene rings is 1. The second-order valence-electron chi connectivity index (χ2n) is 6.70. The lowest BCUT2D eigenvalue weighted by atomic mass is 10.0. The molecule has 1 aromatic carbocycles. The molecule has 0 unspecified atom stereocenters. The Morgan fingerprint density at radius 3 is 2.59 bits per heavy atom. The van der Waals surface area contributed by atoms with Crippen LogP contribution in [0.1, 0.15) is 42.9 Å². The first-order chi connectivity index (χ1) is 10.6. The zero-order valence-corrected chi connectivity index (χ0v) is 13.8. The number of aryl methyl sites for hydroxylation is 2. The maximum atomic E-state index is 11.9. The SMILES string of the molecule is CCCN(Cc1cc(=O)oc2cc(C)c(C)cc12)CC1CC1. The largest absolute Gasteiger partial charge is 0.423 e. The van der Waals surface area contributed by atoms with Crippen LogP contribution >= 0.6 is 0 Å². The molecule has 2 aromatic rings. The third-order valence-electron chi connectivity index (χ3n) is 4.59. The van der Waals surface area contributed by atoms with E-state index in [0.29, 0.717) is 5.58 Å². The molecule has 1 saturated carbocycles. The maximum Gasteiger partial charge on any atom is 0.336 e. The fourth-order valence-electron chi connectivity index (χ4n) is 3.07. The Morgan fingerprint density at radius 1 is 1.18 bits per heavy atom. The Morgan fingerprint density at radius 2 is 1.91 bits per heavy atom. The van der Waals surface area contributed by atoms with Gasteiger partial charge in [0, 0.05) is 24.5 Å². The zero-order valence-electron chi connectivity index (χ0n) is 13.8. The van der Waals surface area contributed by atoms with Gasteiger partial charge in [0.15, 0.2) is 0 Å². The van der Waals surface area contributed by atoms with Gasteiger partial charge in [-0.1, -0.05) is 6.92 Å². The van der Waals surface area contributed by atoms with E-state index in [4.69, 9.17) is 4.42 Å². The van der Waals surface area contributed by atoms with Gasteiger partial charge in [0.05, 0.1) is 0 Å². The number of nitrogens with zero attached hydrogens (tertiary/aromatic N) is 1. The molecule has 3 heteroatoms. The Hall–Kier alpha value is -1.61. The normalized spacial score (nSPS) is 14.9. The van der Waals surface area contributed by atoms with Crippen molar-refractivity contribution in [3.63, 3.8) is 0 Å². The van der Waals surface area contributed by atoms with Crippen LogP contribution in [0.3, 0.4) is 0 Å². The molecule has 1 aliphatic rings. The summed E-state index contributed by atoms with van der Waals surface area (Å²) in [6.07, 6.45) is 3.86. The molecule has 1 aliphatic carbocycles. The molecular weight excluding hydrogens is 274 g/mol. The van der Waals surface area contributed by atoms with Gasteiger partial charge in [0.1, 0.15) is 5.58 Å². The Labute approximate surface area is 131 Å². The molecule has 22 heavy (non-hydrogen) atoms. The summed E-state index contributed by atoms with van der Waals surface area (Å²) in [4.78, 5) is 14.4. The van der Waals surface area contributed by atoms with Crippen molar-refractivity contribution in [3.8, 4) is 0 Å². The van der Waals surface area contributed by atoms with Gasteiger partial charge in [-0.3, -0.25) is 4.90 Å². The summed E-state index contributed by atoms with van der Waals surface area (Å²) >= 11 is 0. The monoisotopic (exact) mass is 299 g/mol. The molecule has 118 valence electrons. The summed E-state index contributed by atoms with van der Waals surface area (Å²) < 4.78 is 5.40. The van der Waals surface area contributed by atoms with Gasteiger partial charge in [-0.05, 0) is 74.4 Å². The van der Waals surface area contributed by atoms with Crippen LogP contribution in [0, 0.1) is 19.8 Å². The molecule has 3 nitrogen and oxygen atoms in total. The zero-order chi connectivity index (χ0) is 15.7. The third-order valence-corrected chi connectivity index (χ3v) is 4.59. The summed E-state index contributed by atoms with van der Waals surface area (Å²) in [6, 6.07) is 5.82. The molecule has 3 rings (SSSR count). The fraction of sp³-hybridized carbons (Fsp3) is 0.526. The molecular formula is C19H25NO2. The second-order valence-corrected chi connectivity index (χ2v) is 6.70. The van der Waals surface area contributed by atoms with Crippen molar-refractivity contribution in [2.24, 2.45) is 5.92 Å². The van der Waals surface area contributed by atoms with Crippen molar-refractivity contribution in [3.05, 3.63) is 45.3 Å². The lowest BCUT2D eigenvalue weighted by Crippen LogP contribution is -2.27. The molecule has 0 saturated heterocycles. The van der Waals surface area contributed by atoms with E-state index in [2.05, 4.69) is 31.7 Å². The third kappa shape index (κ3) is 3.41. The predicted octanol–water partition coefficient (Wildman–Crippen LogP) is 4.03. The summed E-state index contributed by atoms with van der Waals surface area (Å²) in [5, 5.41) is 1.08. The number of fused-ring (bicyclic) bond motifs is 1. The van der Waals surface area contributed by atoms with Gasteiger partial charge < -0.3 is 4.42 Å². The number of hydrogen-bond donors (Lipinski definition) is 0. The van der Waals surface area contributed by atoms with Crippen molar-refractivity contribution in [1.82, 2.24) is 4.90 Å². The van der Waals surface area contributed by atoms with Crippen LogP contribution in [0.2, 0.25) is 0 Å². The van der Waals surface area contributed by atoms with Crippen LogP contribution in [0.4, 0.5) is 0 Å². The van der Waals surface area contributed by atoms with E-state index >= 15 is 0 Å². The van der Waals surface area contributed by atoms with E-state index in [0.717, 1.165) is 48.5 Å². The van der Waals surface area contributed by atoms with Gasteiger partial charge in [-0.25, -0.2) is 4.79 Å². The van der Waals surface area contributed by atoms with Crippen molar-refractivity contribution >= 4 is 11.0 Å². The van der Waals surface area contributed by atoms with Gasteiger partial charge in [0.2, 0.25) is 0 Å². The summed E-state index contributed by atoms with van der Waals surface area (Å²) in [6.45, 7) is 9.46. The first kappa shape index (κ1) is 15.3. The predicted molar refractivity (Wildman–Crippen MR) is 90.3 cm³/mol. The Kier molecular flexibility index (Phi) is 4.34. The standard InChI is InChI=1S/C19H25NO2/c1-4-7-20(11-15-5-6-15)12-16-10-19(21)22-18-9-14(3)13(2)8-17(16)18/h8-10,15H,4-7,11-12H2,1-3H3. The molecule has 0 amide bonds. The van der Waals surface area contributed by atoms with E-state index in [-0.39, 0.29) is 5.63 Å². The Balaban J connectivity index is 1.96. The first-order valence-electron chi connectivity index (χ1n) is 8.33. The molecule has 0 spiro atoms. The van der Waals surface area contributed by atoms with Crippen LogP contribution in [0.25, 0.3) is 11.0 Å². The minimum atomic E-state index is -0.242. The minimum absolute atomic E-state index is 0.242. The van der Waals surface area contributed by atoms with Crippen LogP contribution in [0.5, 0.6) is 0 Å². The average molecular weight is 299 g/mol. The van der Waals surface area contributed by atoms with Crippen LogP contribution in [-0.4, -0.2) is 18.0 Å². The molecule has 0 N–H and O–H groups in total. The second kappa shape index (κ2) is 6.25. The maximum absolute atomic E-state index is 11.9. The summed E-state index contributed by atoms with van der Waals surface area (Å²) in [5.74, 6) is 0.863. The summed E-state index contributed by atoms with van der Waals surface area (Å²) in [7, 11) is 0. The molecule has 0 atom stereocenters. The van der Waals surface area contributed by atoms with Crippen molar-refractivity contribution in [2.45, 2.75) is 46.6 Å². The molecule has 1 fully saturated rings. The van der Waals surface area contributed by atoms with E-state index in [1.807, 2.05) is 6.07 Å². The highest BCUT2D eigenvalue weighted by molar-refractivity contribution is 5.81. The number of hydrogen-bond acceptors (Lipinski definition) is 3. The van der Waals surface area contributed by atoms with Gasteiger partial charge in [0.25, 0.3) is 0 Å². The van der Waals surface area contributed by atoms with E-state index in [9.17, 15) is 4.79 Å². The topological polar surface area (TPSA) is 33.5 Å². The lowest BCUT2D eigenvalue weighted by molar-refractivity contribution is 0.255. The smallest absolute Gasteiger partial charge is 0.336 e. The Bertz CT molecular complexity index is 728. The molecule has 0 radical (unpaired) electrons. The average Bonchev–Trinajstić information content (AvgIpc) is 3.25. The van der Waals surface area contributed by atoms with Gasteiger partial charge in [-0.2, -0.15) is 0 Å². The van der Waals surface area contributed by atoms with Crippen molar-refractivity contribution in [1.29, 1.82) is 0 Å². The van der Waals surface area contributed by atoms with Gasteiger partial charge >= 0.3 is 5.63 Å². The molecule has 0 bridgehead atoms.